The summed E-state index contributed by atoms with van der Waals surface area (Å²) in [5, 5.41) is 0. The van der Waals surface area contributed by atoms with Gasteiger partial charge in [-0.2, -0.15) is 0 Å². The maximum atomic E-state index is 11.9. The Kier molecular flexibility index (Phi) is 4.01. The van der Waals surface area contributed by atoms with E-state index >= 15 is 0 Å². The second-order valence-corrected chi connectivity index (χ2v) is 5.45. The Morgan fingerprint density at radius 1 is 1.29 bits per heavy atom. The van der Waals surface area contributed by atoms with Crippen LogP contribution in [-0.4, -0.2) is 41.3 Å². The van der Waals surface area contributed by atoms with E-state index in [-0.39, 0.29) is 24.2 Å². The van der Waals surface area contributed by atoms with Crippen molar-refractivity contribution >= 4 is 12.1 Å². The summed E-state index contributed by atoms with van der Waals surface area (Å²) in [6.07, 6.45) is 0.105. The molecule has 0 aromatic rings. The van der Waals surface area contributed by atoms with Gasteiger partial charge >= 0.3 is 12.1 Å². The number of likely N-dealkylation sites (tertiary alicyclic amines) is 1. The minimum absolute atomic E-state index is 0.0363. The van der Waals surface area contributed by atoms with E-state index in [4.69, 9.17) is 9.47 Å². The summed E-state index contributed by atoms with van der Waals surface area (Å²) in [7, 11) is 0. The fourth-order valence-electron chi connectivity index (χ4n) is 1.88. The molecule has 17 heavy (non-hydrogen) atoms. The van der Waals surface area contributed by atoms with Gasteiger partial charge in [0.25, 0.3) is 0 Å². The standard InChI is InChI=1S/C12H21NO4/c1-8-6-10(16-9(2)14)7-13(8)11(15)17-12(3,4)5/h8,10H,6-7H2,1-5H3. The Morgan fingerprint density at radius 2 is 1.88 bits per heavy atom. The van der Waals surface area contributed by atoms with Crippen molar-refractivity contribution in [2.24, 2.45) is 0 Å². The number of hydrogen-bond acceptors (Lipinski definition) is 4. The predicted molar refractivity (Wildman–Crippen MR) is 62.6 cm³/mol. The highest BCUT2D eigenvalue weighted by molar-refractivity contribution is 5.69. The zero-order chi connectivity index (χ0) is 13.2. The van der Waals surface area contributed by atoms with Crippen molar-refractivity contribution < 1.29 is 19.1 Å². The number of nitrogens with zero attached hydrogens (tertiary/aromatic N) is 1. The fourth-order valence-corrected chi connectivity index (χ4v) is 1.88. The van der Waals surface area contributed by atoms with Crippen molar-refractivity contribution in [3.05, 3.63) is 0 Å². The first-order valence-electron chi connectivity index (χ1n) is 5.86. The van der Waals surface area contributed by atoms with Gasteiger partial charge in [-0.15, -0.1) is 0 Å². The van der Waals surface area contributed by atoms with E-state index in [2.05, 4.69) is 0 Å². The molecule has 1 heterocycles. The lowest BCUT2D eigenvalue weighted by atomic mass is 10.2. The summed E-state index contributed by atoms with van der Waals surface area (Å²) < 4.78 is 10.4. The predicted octanol–water partition coefficient (Wildman–Crippen LogP) is 1.95. The third kappa shape index (κ3) is 4.24. The summed E-state index contributed by atoms with van der Waals surface area (Å²) >= 11 is 0. The van der Waals surface area contributed by atoms with Crippen LogP contribution in [0.4, 0.5) is 4.79 Å². The van der Waals surface area contributed by atoms with Crippen LogP contribution in [0.3, 0.4) is 0 Å². The van der Waals surface area contributed by atoms with Gasteiger partial charge in [0.05, 0.1) is 6.54 Å². The molecule has 5 nitrogen and oxygen atoms in total. The number of carbonyl (C=O) groups excluding carboxylic acids is 2. The SMILES string of the molecule is CC(=O)OC1CC(C)N(C(=O)OC(C)(C)C)C1. The normalized spacial score (nSPS) is 24.6. The third-order valence-electron chi connectivity index (χ3n) is 2.50. The molecule has 0 N–H and O–H groups in total. The molecule has 1 aliphatic rings. The average Bonchev–Trinajstić information content (AvgIpc) is 2.42. The number of carbonyl (C=O) groups is 2. The van der Waals surface area contributed by atoms with Crippen molar-refractivity contribution in [2.45, 2.75) is 58.8 Å². The van der Waals surface area contributed by atoms with Crippen LogP contribution in [0, 0.1) is 0 Å². The molecule has 0 aromatic heterocycles. The molecule has 1 rings (SSSR count). The number of esters is 1. The third-order valence-corrected chi connectivity index (χ3v) is 2.50. The number of ether oxygens (including phenoxy) is 2. The minimum atomic E-state index is -0.504. The average molecular weight is 243 g/mol. The molecule has 1 saturated heterocycles. The highest BCUT2D eigenvalue weighted by Crippen LogP contribution is 2.22. The summed E-state index contributed by atoms with van der Waals surface area (Å²) in [4.78, 5) is 24.3. The van der Waals surface area contributed by atoms with Crippen LogP contribution in [-0.2, 0) is 14.3 Å². The molecule has 0 spiro atoms. The van der Waals surface area contributed by atoms with Crippen molar-refractivity contribution in [3.63, 3.8) is 0 Å². The van der Waals surface area contributed by atoms with Gasteiger partial charge in [-0.05, 0) is 27.7 Å². The van der Waals surface area contributed by atoms with Crippen molar-refractivity contribution in [3.8, 4) is 0 Å². The van der Waals surface area contributed by atoms with Crippen LogP contribution >= 0.6 is 0 Å². The number of amides is 1. The fraction of sp³-hybridized carbons (Fsp3) is 0.833. The Bertz CT molecular complexity index is 308. The highest BCUT2D eigenvalue weighted by Gasteiger charge is 2.36. The zero-order valence-corrected chi connectivity index (χ0v) is 11.1. The van der Waals surface area contributed by atoms with Crippen LogP contribution in [0.5, 0.6) is 0 Å². The van der Waals surface area contributed by atoms with Crippen LogP contribution in [0.25, 0.3) is 0 Å². The van der Waals surface area contributed by atoms with E-state index in [1.165, 1.54) is 6.92 Å². The van der Waals surface area contributed by atoms with Gasteiger partial charge in [0.15, 0.2) is 0 Å². The molecular weight excluding hydrogens is 222 g/mol. The summed E-state index contributed by atoms with van der Waals surface area (Å²) in [6.45, 7) is 9.20. The van der Waals surface area contributed by atoms with Crippen LogP contribution < -0.4 is 0 Å². The quantitative estimate of drug-likeness (QED) is 0.660. The lowest BCUT2D eigenvalue weighted by molar-refractivity contribution is -0.145. The van der Waals surface area contributed by atoms with Gasteiger partial charge < -0.3 is 14.4 Å². The molecular formula is C12H21NO4. The molecule has 98 valence electrons. The van der Waals surface area contributed by atoms with Crippen molar-refractivity contribution in [1.82, 2.24) is 4.90 Å². The van der Waals surface area contributed by atoms with Gasteiger partial charge in [-0.25, -0.2) is 4.79 Å². The topological polar surface area (TPSA) is 55.8 Å². The molecule has 0 aromatic carbocycles. The molecule has 0 saturated carbocycles. The van der Waals surface area contributed by atoms with E-state index in [0.717, 1.165) is 0 Å². The lowest BCUT2D eigenvalue weighted by Crippen LogP contribution is -2.39. The van der Waals surface area contributed by atoms with E-state index in [1.807, 2.05) is 27.7 Å². The van der Waals surface area contributed by atoms with Gasteiger partial charge in [-0.3, -0.25) is 4.79 Å². The second kappa shape index (κ2) is 4.94. The van der Waals surface area contributed by atoms with Crippen molar-refractivity contribution in [1.29, 1.82) is 0 Å². The first kappa shape index (κ1) is 13.8. The maximum absolute atomic E-state index is 11.9. The zero-order valence-electron chi connectivity index (χ0n) is 11.1. The Labute approximate surface area is 102 Å². The van der Waals surface area contributed by atoms with Crippen LogP contribution in [0.2, 0.25) is 0 Å². The van der Waals surface area contributed by atoms with Gasteiger partial charge in [0, 0.05) is 19.4 Å². The monoisotopic (exact) mass is 243 g/mol. The van der Waals surface area contributed by atoms with Crippen molar-refractivity contribution in [2.75, 3.05) is 6.54 Å². The number of rotatable bonds is 1. The maximum Gasteiger partial charge on any atom is 0.410 e. The second-order valence-electron chi connectivity index (χ2n) is 5.45. The lowest BCUT2D eigenvalue weighted by Gasteiger charge is -2.26. The van der Waals surface area contributed by atoms with Gasteiger partial charge in [0.2, 0.25) is 0 Å². The summed E-state index contributed by atoms with van der Waals surface area (Å²) in [5.41, 5.74) is -0.504. The molecule has 1 amide bonds. The first-order valence-corrected chi connectivity index (χ1v) is 5.86. The first-order chi connectivity index (χ1) is 7.69. The summed E-state index contributed by atoms with van der Waals surface area (Å²) in [6, 6.07) is 0.0363. The molecule has 1 fully saturated rings. The van der Waals surface area contributed by atoms with Gasteiger partial charge in [-0.1, -0.05) is 0 Å². The molecule has 1 aliphatic heterocycles. The molecule has 0 aliphatic carbocycles. The van der Waals surface area contributed by atoms with Crippen LogP contribution in [0.15, 0.2) is 0 Å². The Hall–Kier alpha value is -1.26. The molecule has 0 bridgehead atoms. The number of hydrogen-bond donors (Lipinski definition) is 0. The van der Waals surface area contributed by atoms with E-state index in [0.29, 0.717) is 13.0 Å². The Morgan fingerprint density at radius 3 is 2.35 bits per heavy atom. The highest BCUT2D eigenvalue weighted by atomic mass is 16.6. The molecule has 2 atom stereocenters. The molecule has 0 radical (unpaired) electrons. The van der Waals surface area contributed by atoms with E-state index < -0.39 is 5.60 Å². The smallest absolute Gasteiger partial charge is 0.410 e. The molecule has 5 heteroatoms. The summed E-state index contributed by atoms with van der Waals surface area (Å²) in [5.74, 6) is -0.312. The van der Waals surface area contributed by atoms with Gasteiger partial charge in [0.1, 0.15) is 11.7 Å². The largest absolute Gasteiger partial charge is 0.461 e. The van der Waals surface area contributed by atoms with E-state index in [9.17, 15) is 9.59 Å². The van der Waals surface area contributed by atoms with E-state index in [1.54, 1.807) is 4.90 Å². The minimum Gasteiger partial charge on any atom is -0.461 e. The Balaban J connectivity index is 2.55. The molecule has 2 unspecified atom stereocenters. The van der Waals surface area contributed by atoms with Crippen LogP contribution in [0.1, 0.15) is 41.0 Å².